The topological polar surface area (TPSA) is 64.9 Å². The van der Waals surface area contributed by atoms with Crippen molar-refractivity contribution in [1.82, 2.24) is 0 Å². The van der Waals surface area contributed by atoms with Crippen LogP contribution in [0, 0.1) is 10.1 Å². The lowest BCUT2D eigenvalue weighted by Crippen LogP contribution is -1.98. The van der Waals surface area contributed by atoms with Crippen LogP contribution in [0.4, 0.5) is 5.69 Å². The first kappa shape index (κ1) is 9.92. The van der Waals surface area contributed by atoms with E-state index < -0.39 is 4.92 Å². The maximum absolute atomic E-state index is 10.7. The van der Waals surface area contributed by atoms with Crippen molar-refractivity contribution in [1.29, 1.82) is 0 Å². The number of methoxy groups -OCH3 is 1. The summed E-state index contributed by atoms with van der Waals surface area (Å²) in [5, 5.41) is 10.7. The Balaban J connectivity index is 2.26. The fourth-order valence-electron chi connectivity index (χ4n) is 1.45. The largest absolute Gasteiger partial charge is 0.490 e. The average Bonchev–Trinajstić information content (AvgIpc) is 3.01. The third-order valence-corrected chi connectivity index (χ3v) is 2.31. The lowest BCUT2D eigenvalue weighted by Gasteiger charge is -2.03. The summed E-state index contributed by atoms with van der Waals surface area (Å²) in [6.45, 7) is 0.750. The Kier molecular flexibility index (Phi) is 2.55. The average molecular weight is 209 g/mol. The van der Waals surface area contributed by atoms with Gasteiger partial charge in [0.2, 0.25) is 0 Å². The predicted molar refractivity (Wildman–Crippen MR) is 53.1 cm³/mol. The molecule has 80 valence electrons. The maximum Gasteiger partial charge on any atom is 0.311 e. The second-order valence-corrected chi connectivity index (χ2v) is 3.42. The van der Waals surface area contributed by atoms with Gasteiger partial charge in [-0.1, -0.05) is 6.07 Å². The SMILES string of the molecule is COc1ccc(CC2CO2)cc1[N+](=O)[O-]. The number of nitro benzene ring substituents is 1. The quantitative estimate of drug-likeness (QED) is 0.428. The summed E-state index contributed by atoms with van der Waals surface area (Å²) in [7, 11) is 1.42. The molecule has 1 saturated heterocycles. The second-order valence-electron chi connectivity index (χ2n) is 3.42. The van der Waals surface area contributed by atoms with E-state index in [9.17, 15) is 10.1 Å². The van der Waals surface area contributed by atoms with Crippen LogP contribution in [0.1, 0.15) is 5.56 Å². The van der Waals surface area contributed by atoms with Crippen LogP contribution in [-0.2, 0) is 11.2 Å². The maximum atomic E-state index is 10.7. The van der Waals surface area contributed by atoms with Crippen molar-refractivity contribution in [3.05, 3.63) is 33.9 Å². The lowest BCUT2D eigenvalue weighted by atomic mass is 10.1. The van der Waals surface area contributed by atoms with Gasteiger partial charge in [0, 0.05) is 12.5 Å². The van der Waals surface area contributed by atoms with Crippen molar-refractivity contribution in [3.8, 4) is 5.75 Å². The van der Waals surface area contributed by atoms with Crippen LogP contribution in [0.2, 0.25) is 0 Å². The Bertz CT molecular complexity index is 387. The first-order valence-corrected chi connectivity index (χ1v) is 4.63. The van der Waals surface area contributed by atoms with Crippen molar-refractivity contribution in [3.63, 3.8) is 0 Å². The number of nitro groups is 1. The third kappa shape index (κ3) is 2.24. The number of benzene rings is 1. The monoisotopic (exact) mass is 209 g/mol. The first-order valence-electron chi connectivity index (χ1n) is 4.63. The Labute approximate surface area is 86.8 Å². The molecule has 5 nitrogen and oxygen atoms in total. The molecule has 0 amide bonds. The van der Waals surface area contributed by atoms with E-state index in [0.717, 1.165) is 18.6 Å². The predicted octanol–water partition coefficient (Wildman–Crippen LogP) is 1.54. The Morgan fingerprint density at radius 1 is 1.67 bits per heavy atom. The number of nitrogens with zero attached hydrogens (tertiary/aromatic N) is 1. The molecule has 1 fully saturated rings. The van der Waals surface area contributed by atoms with Gasteiger partial charge in [-0.15, -0.1) is 0 Å². The zero-order chi connectivity index (χ0) is 10.8. The van der Waals surface area contributed by atoms with E-state index in [1.54, 1.807) is 12.1 Å². The van der Waals surface area contributed by atoms with Crippen molar-refractivity contribution in [2.24, 2.45) is 0 Å². The molecule has 1 heterocycles. The number of rotatable bonds is 4. The zero-order valence-corrected chi connectivity index (χ0v) is 8.30. The zero-order valence-electron chi connectivity index (χ0n) is 8.30. The molecule has 1 aromatic rings. The normalized spacial score (nSPS) is 18.6. The minimum absolute atomic E-state index is 0.00986. The summed E-state index contributed by atoms with van der Waals surface area (Å²) in [5.41, 5.74) is 0.917. The molecule has 5 heteroatoms. The molecule has 0 spiro atoms. The minimum Gasteiger partial charge on any atom is -0.490 e. The summed E-state index contributed by atoms with van der Waals surface area (Å²) >= 11 is 0. The summed E-state index contributed by atoms with van der Waals surface area (Å²) in [4.78, 5) is 10.3. The van der Waals surface area contributed by atoms with E-state index in [-0.39, 0.29) is 11.8 Å². The Morgan fingerprint density at radius 2 is 2.40 bits per heavy atom. The van der Waals surface area contributed by atoms with E-state index >= 15 is 0 Å². The molecule has 0 N–H and O–H groups in total. The van der Waals surface area contributed by atoms with Crippen molar-refractivity contribution >= 4 is 5.69 Å². The first-order chi connectivity index (χ1) is 7.20. The van der Waals surface area contributed by atoms with Crippen LogP contribution in [0.3, 0.4) is 0 Å². The third-order valence-electron chi connectivity index (χ3n) is 2.31. The molecule has 1 unspecified atom stereocenters. The van der Waals surface area contributed by atoms with Crippen molar-refractivity contribution in [2.45, 2.75) is 12.5 Å². The highest BCUT2D eigenvalue weighted by molar-refractivity contribution is 5.48. The highest BCUT2D eigenvalue weighted by Gasteiger charge is 2.24. The Hall–Kier alpha value is -1.62. The van der Waals surface area contributed by atoms with Crippen LogP contribution in [0.5, 0.6) is 5.75 Å². The molecule has 1 aromatic carbocycles. The fraction of sp³-hybridized carbons (Fsp3) is 0.400. The van der Waals surface area contributed by atoms with Crippen molar-refractivity contribution < 1.29 is 14.4 Å². The highest BCUT2D eigenvalue weighted by Crippen LogP contribution is 2.29. The van der Waals surface area contributed by atoms with Crippen LogP contribution >= 0.6 is 0 Å². The van der Waals surface area contributed by atoms with Gasteiger partial charge in [-0.2, -0.15) is 0 Å². The number of hydrogen-bond donors (Lipinski definition) is 0. The number of hydrogen-bond acceptors (Lipinski definition) is 4. The molecule has 2 rings (SSSR count). The van der Waals surface area contributed by atoms with Gasteiger partial charge in [0.1, 0.15) is 0 Å². The van der Waals surface area contributed by atoms with Gasteiger partial charge in [-0.25, -0.2) is 0 Å². The van der Waals surface area contributed by atoms with Gasteiger partial charge in [0.05, 0.1) is 24.7 Å². The minimum atomic E-state index is -0.434. The smallest absolute Gasteiger partial charge is 0.311 e. The molecular formula is C10H11NO4. The highest BCUT2D eigenvalue weighted by atomic mass is 16.6. The van der Waals surface area contributed by atoms with Crippen LogP contribution in [-0.4, -0.2) is 24.7 Å². The molecule has 0 aromatic heterocycles. The molecule has 1 aliphatic heterocycles. The molecule has 1 aliphatic rings. The van der Waals surface area contributed by atoms with Crippen LogP contribution < -0.4 is 4.74 Å². The Morgan fingerprint density at radius 3 is 2.93 bits per heavy atom. The summed E-state index contributed by atoms with van der Waals surface area (Å²) in [6, 6.07) is 4.99. The number of ether oxygens (including phenoxy) is 2. The molecule has 0 saturated carbocycles. The molecule has 0 aliphatic carbocycles. The van der Waals surface area contributed by atoms with Gasteiger partial charge in [-0.05, 0) is 11.6 Å². The van der Waals surface area contributed by atoms with Gasteiger partial charge in [-0.3, -0.25) is 10.1 Å². The van der Waals surface area contributed by atoms with E-state index in [2.05, 4.69) is 0 Å². The molecular weight excluding hydrogens is 198 g/mol. The lowest BCUT2D eigenvalue weighted by molar-refractivity contribution is -0.385. The van der Waals surface area contributed by atoms with E-state index in [1.807, 2.05) is 6.07 Å². The second kappa shape index (κ2) is 3.86. The molecule has 1 atom stereocenters. The summed E-state index contributed by atoms with van der Waals surface area (Å²) in [6.07, 6.45) is 0.961. The van der Waals surface area contributed by atoms with Crippen LogP contribution in [0.15, 0.2) is 18.2 Å². The van der Waals surface area contributed by atoms with Crippen LogP contribution in [0.25, 0.3) is 0 Å². The van der Waals surface area contributed by atoms with Gasteiger partial charge >= 0.3 is 5.69 Å². The summed E-state index contributed by atoms with van der Waals surface area (Å²) < 4.78 is 9.98. The fourth-order valence-corrected chi connectivity index (χ4v) is 1.45. The van der Waals surface area contributed by atoms with Gasteiger partial charge in [0.25, 0.3) is 0 Å². The van der Waals surface area contributed by atoms with Gasteiger partial charge in [0.15, 0.2) is 5.75 Å². The molecule has 0 bridgehead atoms. The standard InChI is InChI=1S/C10H11NO4/c1-14-10-3-2-7(4-8-6-15-8)5-9(10)11(12)13/h2-3,5,8H,4,6H2,1H3. The molecule has 15 heavy (non-hydrogen) atoms. The van der Waals surface area contributed by atoms with Crippen molar-refractivity contribution in [2.75, 3.05) is 13.7 Å². The van der Waals surface area contributed by atoms with E-state index in [1.165, 1.54) is 7.11 Å². The van der Waals surface area contributed by atoms with Gasteiger partial charge < -0.3 is 9.47 Å². The summed E-state index contributed by atoms with van der Waals surface area (Å²) in [5.74, 6) is 0.292. The van der Waals surface area contributed by atoms with E-state index in [4.69, 9.17) is 9.47 Å². The molecule has 0 radical (unpaired) electrons. The van der Waals surface area contributed by atoms with E-state index in [0.29, 0.717) is 5.75 Å². The number of epoxide rings is 1.